The fourth-order valence-corrected chi connectivity index (χ4v) is 4.23. The first kappa shape index (κ1) is 19.4. The summed E-state index contributed by atoms with van der Waals surface area (Å²) in [6.45, 7) is 0.383. The topological polar surface area (TPSA) is 84.7 Å². The van der Waals surface area contributed by atoms with E-state index in [4.69, 9.17) is 4.74 Å². The summed E-state index contributed by atoms with van der Waals surface area (Å²) in [5, 5.41) is 14.6. The molecule has 1 amide bonds. The molecule has 1 saturated carbocycles. The first-order valence-electron chi connectivity index (χ1n) is 10.4. The summed E-state index contributed by atoms with van der Waals surface area (Å²) in [6, 6.07) is 17.7. The largest absolute Gasteiger partial charge is 0.502 e. The zero-order valence-electron chi connectivity index (χ0n) is 17.1. The molecule has 1 N–H and O–H groups in total. The van der Waals surface area contributed by atoms with E-state index < -0.39 is 17.1 Å². The Labute approximate surface area is 179 Å². The van der Waals surface area contributed by atoms with E-state index in [-0.39, 0.29) is 23.8 Å². The highest BCUT2D eigenvalue weighted by Crippen LogP contribution is 2.40. The fourth-order valence-electron chi connectivity index (χ4n) is 4.23. The van der Waals surface area contributed by atoms with Crippen LogP contribution in [-0.2, 0) is 0 Å². The average Bonchev–Trinajstić information content (AvgIpc) is 3.59. The molecule has 7 nitrogen and oxygen atoms in total. The van der Waals surface area contributed by atoms with Gasteiger partial charge in [-0.1, -0.05) is 42.5 Å². The molecule has 1 fully saturated rings. The molecule has 2 atom stereocenters. The maximum absolute atomic E-state index is 12.8. The van der Waals surface area contributed by atoms with Gasteiger partial charge in [0.2, 0.25) is 5.43 Å². The summed E-state index contributed by atoms with van der Waals surface area (Å²) in [5.41, 5.74) is 1.33. The molecule has 1 unspecified atom stereocenters. The van der Waals surface area contributed by atoms with Crippen LogP contribution in [0.15, 0.2) is 65.6 Å². The Morgan fingerprint density at radius 2 is 1.81 bits per heavy atom. The third-order valence-corrected chi connectivity index (χ3v) is 5.90. The minimum Gasteiger partial charge on any atom is -0.502 e. The standard InChI is InChI=1S/C24H23N3O4/c1-26-14-19(27-22(24(26)30)23(29)20(28)13-25-27)21(15-6-3-2-4-7-15)16-8-5-9-18(12-16)31-17-10-11-17/h2-9,12-13,17,19,21,29H,10-11,14H2,1H3/t19?,21-/m0/s1. The number of ether oxygens (including phenoxy) is 1. The molecular formula is C24H23N3O4. The zero-order valence-corrected chi connectivity index (χ0v) is 17.1. The number of rotatable bonds is 5. The van der Waals surface area contributed by atoms with Crippen molar-refractivity contribution >= 4 is 5.91 Å². The number of carbonyl (C=O) groups excluding carboxylic acids is 1. The van der Waals surface area contributed by atoms with Crippen LogP contribution in [0.5, 0.6) is 11.5 Å². The summed E-state index contributed by atoms with van der Waals surface area (Å²) in [6.07, 6.45) is 3.50. The van der Waals surface area contributed by atoms with E-state index in [0.29, 0.717) is 6.54 Å². The molecule has 0 radical (unpaired) electrons. The minimum atomic E-state index is -0.662. The third kappa shape index (κ3) is 3.56. The maximum Gasteiger partial charge on any atom is 0.275 e. The third-order valence-electron chi connectivity index (χ3n) is 5.90. The first-order chi connectivity index (χ1) is 15.0. The van der Waals surface area contributed by atoms with Crippen molar-refractivity contribution in [1.29, 1.82) is 0 Å². The molecule has 0 saturated heterocycles. The lowest BCUT2D eigenvalue weighted by molar-refractivity contribution is 0.0686. The van der Waals surface area contributed by atoms with E-state index in [1.165, 1.54) is 9.58 Å². The van der Waals surface area contributed by atoms with Crippen LogP contribution >= 0.6 is 0 Å². The van der Waals surface area contributed by atoms with Gasteiger partial charge in [-0.2, -0.15) is 5.10 Å². The Balaban J connectivity index is 1.66. The van der Waals surface area contributed by atoms with Gasteiger partial charge in [-0.05, 0) is 36.1 Å². The van der Waals surface area contributed by atoms with Crippen molar-refractivity contribution in [2.24, 2.45) is 0 Å². The van der Waals surface area contributed by atoms with Gasteiger partial charge >= 0.3 is 0 Å². The van der Waals surface area contributed by atoms with Gasteiger partial charge < -0.3 is 14.7 Å². The molecule has 1 aliphatic carbocycles. The second-order valence-corrected chi connectivity index (χ2v) is 8.18. The molecule has 2 heterocycles. The van der Waals surface area contributed by atoms with Crippen LogP contribution in [0, 0.1) is 0 Å². The molecule has 7 heteroatoms. The van der Waals surface area contributed by atoms with Gasteiger partial charge in [0.15, 0.2) is 11.4 Å². The SMILES string of the molecule is CN1CC([C@@H](c2ccccc2)c2cccc(OC3CC3)c2)n2ncc(=O)c(O)c2C1=O. The van der Waals surface area contributed by atoms with E-state index in [2.05, 4.69) is 5.10 Å². The molecule has 31 heavy (non-hydrogen) atoms. The maximum atomic E-state index is 12.8. The van der Waals surface area contributed by atoms with Crippen molar-refractivity contribution in [3.8, 4) is 11.5 Å². The molecule has 1 aliphatic heterocycles. The molecule has 0 bridgehead atoms. The van der Waals surface area contributed by atoms with E-state index in [1.807, 2.05) is 54.6 Å². The summed E-state index contributed by atoms with van der Waals surface area (Å²) < 4.78 is 7.52. The van der Waals surface area contributed by atoms with Crippen molar-refractivity contribution in [3.05, 3.63) is 87.8 Å². The Morgan fingerprint density at radius 3 is 2.55 bits per heavy atom. The van der Waals surface area contributed by atoms with E-state index in [9.17, 15) is 14.7 Å². The Kier molecular flexibility index (Phi) is 4.73. The van der Waals surface area contributed by atoms with Crippen LogP contribution in [0.2, 0.25) is 0 Å². The molecule has 2 aromatic carbocycles. The van der Waals surface area contributed by atoms with Gasteiger partial charge in [0.1, 0.15) is 5.75 Å². The van der Waals surface area contributed by atoms with Crippen LogP contribution in [-0.4, -0.2) is 45.4 Å². The first-order valence-corrected chi connectivity index (χ1v) is 10.4. The number of benzene rings is 2. The van der Waals surface area contributed by atoms with Gasteiger partial charge in [-0.15, -0.1) is 0 Å². The Hall–Kier alpha value is -3.61. The zero-order chi connectivity index (χ0) is 21.5. The lowest BCUT2D eigenvalue weighted by Crippen LogP contribution is -2.45. The Bertz CT molecular complexity index is 1190. The number of nitrogens with zero attached hydrogens (tertiary/aromatic N) is 3. The lowest BCUT2D eigenvalue weighted by atomic mass is 9.83. The molecule has 0 spiro atoms. The predicted molar refractivity (Wildman–Crippen MR) is 115 cm³/mol. The van der Waals surface area contributed by atoms with Crippen LogP contribution in [0.1, 0.15) is 46.4 Å². The van der Waals surface area contributed by atoms with Crippen molar-refractivity contribution in [3.63, 3.8) is 0 Å². The monoisotopic (exact) mass is 417 g/mol. The van der Waals surface area contributed by atoms with E-state index in [1.54, 1.807) is 7.05 Å². The number of likely N-dealkylation sites (N-methyl/N-ethyl adjacent to an activating group) is 1. The number of hydrogen-bond acceptors (Lipinski definition) is 5. The van der Waals surface area contributed by atoms with Crippen LogP contribution in [0.4, 0.5) is 0 Å². The lowest BCUT2D eigenvalue weighted by Gasteiger charge is -2.37. The van der Waals surface area contributed by atoms with Gasteiger partial charge in [-0.3, -0.25) is 14.3 Å². The van der Waals surface area contributed by atoms with E-state index in [0.717, 1.165) is 35.9 Å². The smallest absolute Gasteiger partial charge is 0.275 e. The number of hydrogen-bond donors (Lipinski definition) is 1. The van der Waals surface area contributed by atoms with Crippen molar-refractivity contribution in [1.82, 2.24) is 14.7 Å². The molecule has 1 aromatic heterocycles. The van der Waals surface area contributed by atoms with Crippen molar-refractivity contribution in [2.75, 3.05) is 13.6 Å². The average molecular weight is 417 g/mol. The van der Waals surface area contributed by atoms with Crippen molar-refractivity contribution in [2.45, 2.75) is 30.9 Å². The molecule has 158 valence electrons. The van der Waals surface area contributed by atoms with Gasteiger partial charge in [0, 0.05) is 19.5 Å². The molecular weight excluding hydrogens is 394 g/mol. The summed E-state index contributed by atoms with van der Waals surface area (Å²) in [4.78, 5) is 26.3. The number of fused-ring (bicyclic) bond motifs is 1. The molecule has 2 aliphatic rings. The second kappa shape index (κ2) is 7.58. The van der Waals surface area contributed by atoms with E-state index >= 15 is 0 Å². The fraction of sp³-hybridized carbons (Fsp3) is 0.292. The highest BCUT2D eigenvalue weighted by Gasteiger charge is 2.38. The number of aromatic hydroxyl groups is 1. The summed E-state index contributed by atoms with van der Waals surface area (Å²) >= 11 is 0. The normalized spacial score (nSPS) is 19.1. The number of aromatic nitrogens is 2. The van der Waals surface area contributed by atoms with Crippen LogP contribution < -0.4 is 10.2 Å². The summed E-state index contributed by atoms with van der Waals surface area (Å²) in [5.74, 6) is -0.337. The quantitative estimate of drug-likeness (QED) is 0.690. The molecule has 3 aromatic rings. The Morgan fingerprint density at radius 1 is 1.06 bits per heavy atom. The number of carbonyl (C=O) groups is 1. The predicted octanol–water partition coefficient (Wildman–Crippen LogP) is 2.95. The minimum absolute atomic E-state index is 0.0717. The van der Waals surface area contributed by atoms with Crippen LogP contribution in [0.3, 0.4) is 0 Å². The van der Waals surface area contributed by atoms with Crippen LogP contribution in [0.25, 0.3) is 0 Å². The van der Waals surface area contributed by atoms with Crippen molar-refractivity contribution < 1.29 is 14.6 Å². The van der Waals surface area contributed by atoms with Gasteiger partial charge in [0.05, 0.1) is 18.3 Å². The summed E-state index contributed by atoms with van der Waals surface area (Å²) in [7, 11) is 1.67. The molecule has 5 rings (SSSR count). The van der Waals surface area contributed by atoms with Gasteiger partial charge in [-0.25, -0.2) is 0 Å². The highest BCUT2D eigenvalue weighted by atomic mass is 16.5. The second-order valence-electron chi connectivity index (χ2n) is 8.18. The highest BCUT2D eigenvalue weighted by molar-refractivity contribution is 5.95. The van der Waals surface area contributed by atoms with Gasteiger partial charge in [0.25, 0.3) is 5.91 Å². The number of amides is 1.